The monoisotopic (exact) mass is 504 g/mol. The third-order valence-electron chi connectivity index (χ3n) is 2.80. The molecular formula is C18H16O4Pb. The predicted octanol–water partition coefficient (Wildman–Crippen LogP) is 0.470. The molecule has 0 aliphatic heterocycles. The first-order valence-electron chi connectivity index (χ1n) is 6.37. The summed E-state index contributed by atoms with van der Waals surface area (Å²) in [7, 11) is 0. The van der Waals surface area contributed by atoms with Crippen LogP contribution in [0.25, 0.3) is 12.2 Å². The SMILES string of the molecule is C=Cc1ccccc1C(=O)[O-].C=Cc1ccccc1C(=O)[O-].[PbH2+2]. The van der Waals surface area contributed by atoms with E-state index in [9.17, 15) is 19.8 Å². The molecule has 2 aromatic carbocycles. The van der Waals surface area contributed by atoms with Crippen molar-refractivity contribution in [3.63, 3.8) is 0 Å². The van der Waals surface area contributed by atoms with Crippen LogP contribution in [0.2, 0.25) is 0 Å². The van der Waals surface area contributed by atoms with Crippen molar-refractivity contribution >= 4 is 51.4 Å². The van der Waals surface area contributed by atoms with E-state index in [0.29, 0.717) is 11.1 Å². The minimum absolute atomic E-state index is 0. The molecule has 0 fully saturated rings. The molecule has 0 aliphatic carbocycles. The van der Waals surface area contributed by atoms with E-state index in [1.807, 2.05) is 0 Å². The van der Waals surface area contributed by atoms with Gasteiger partial charge in [-0.1, -0.05) is 73.8 Å². The van der Waals surface area contributed by atoms with Crippen LogP contribution >= 0.6 is 0 Å². The van der Waals surface area contributed by atoms with Gasteiger partial charge in [0.05, 0.1) is 11.9 Å². The number of carbonyl (C=O) groups excluding carboxylic acids is 2. The zero-order valence-corrected chi connectivity index (χ0v) is 18.0. The third-order valence-corrected chi connectivity index (χ3v) is 2.80. The molecule has 0 saturated carbocycles. The summed E-state index contributed by atoms with van der Waals surface area (Å²) in [6.45, 7) is 6.97. The van der Waals surface area contributed by atoms with E-state index in [4.69, 9.17) is 0 Å². The van der Waals surface area contributed by atoms with E-state index in [1.54, 1.807) is 36.4 Å². The molecule has 0 bridgehead atoms. The maximum atomic E-state index is 10.4. The number of hydrogen-bond donors (Lipinski definition) is 0. The Kier molecular flexibility index (Phi) is 9.49. The summed E-state index contributed by atoms with van der Waals surface area (Å²) in [5.41, 5.74) is 1.55. The van der Waals surface area contributed by atoms with Gasteiger partial charge in [-0.2, -0.15) is 0 Å². The van der Waals surface area contributed by atoms with Crippen molar-refractivity contribution in [2.45, 2.75) is 0 Å². The summed E-state index contributed by atoms with van der Waals surface area (Å²) < 4.78 is 0. The Morgan fingerprint density at radius 1 is 0.739 bits per heavy atom. The summed E-state index contributed by atoms with van der Waals surface area (Å²) in [4.78, 5) is 20.8. The molecule has 2 aromatic rings. The molecule has 0 N–H and O–H groups in total. The molecule has 116 valence electrons. The minimum atomic E-state index is -1.17. The van der Waals surface area contributed by atoms with Gasteiger partial charge in [-0.15, -0.1) is 0 Å². The van der Waals surface area contributed by atoms with Crippen LogP contribution in [0.4, 0.5) is 0 Å². The Bertz CT molecular complexity index is 646. The van der Waals surface area contributed by atoms with E-state index in [1.165, 1.54) is 24.3 Å². The molecule has 0 aliphatic rings. The van der Waals surface area contributed by atoms with Crippen molar-refractivity contribution in [2.24, 2.45) is 0 Å². The molecule has 0 atom stereocenters. The topological polar surface area (TPSA) is 80.3 Å². The van der Waals surface area contributed by atoms with Crippen LogP contribution in [0.1, 0.15) is 31.8 Å². The predicted molar refractivity (Wildman–Crippen MR) is 90.3 cm³/mol. The van der Waals surface area contributed by atoms with Crippen molar-refractivity contribution in [1.82, 2.24) is 0 Å². The van der Waals surface area contributed by atoms with Gasteiger partial charge in [-0.25, -0.2) is 0 Å². The standard InChI is InChI=1S/2C9H8O2.Pb.2H/c2*1-2-7-5-3-4-6-8(7)9(10)11;;;/h2*2-6H,1H2,(H,10,11);;;/q;;+2;;/p-2. The first kappa shape index (κ1) is 20.8. The van der Waals surface area contributed by atoms with Gasteiger partial charge in [0.1, 0.15) is 0 Å². The fourth-order valence-corrected chi connectivity index (χ4v) is 1.72. The number of carbonyl (C=O) groups is 2. The number of carboxylic acid groups (broad SMARTS) is 2. The number of benzene rings is 2. The summed E-state index contributed by atoms with van der Waals surface area (Å²) >= 11 is 0. The molecule has 0 unspecified atom stereocenters. The number of rotatable bonds is 4. The van der Waals surface area contributed by atoms with Crippen molar-refractivity contribution in [2.75, 3.05) is 0 Å². The first-order valence-corrected chi connectivity index (χ1v) is 6.37. The molecule has 0 saturated heterocycles. The molecular weight excluding hydrogens is 487 g/mol. The van der Waals surface area contributed by atoms with Crippen molar-refractivity contribution < 1.29 is 19.8 Å². The Morgan fingerprint density at radius 3 is 1.26 bits per heavy atom. The molecule has 0 radical (unpaired) electrons. The van der Waals surface area contributed by atoms with Gasteiger partial charge < -0.3 is 19.8 Å². The second kappa shape index (κ2) is 10.5. The van der Waals surface area contributed by atoms with Gasteiger partial charge in [0.25, 0.3) is 0 Å². The third kappa shape index (κ3) is 6.19. The normalized spacial score (nSPS) is 8.70. The van der Waals surface area contributed by atoms with Crippen LogP contribution in [0.3, 0.4) is 0 Å². The van der Waals surface area contributed by atoms with Crippen molar-refractivity contribution in [3.05, 3.63) is 83.9 Å². The van der Waals surface area contributed by atoms with E-state index >= 15 is 0 Å². The van der Waals surface area contributed by atoms with Crippen molar-refractivity contribution in [3.8, 4) is 0 Å². The second-order valence-electron chi connectivity index (χ2n) is 4.16. The van der Waals surface area contributed by atoms with Crippen LogP contribution in [0, 0.1) is 0 Å². The van der Waals surface area contributed by atoms with Crippen LogP contribution in [-0.2, 0) is 0 Å². The quantitative estimate of drug-likeness (QED) is 0.569. The van der Waals surface area contributed by atoms with Crippen molar-refractivity contribution in [1.29, 1.82) is 0 Å². The van der Waals surface area contributed by atoms with Crippen LogP contribution in [0.5, 0.6) is 0 Å². The first-order chi connectivity index (χ1) is 10.5. The summed E-state index contributed by atoms with van der Waals surface area (Å²) in [6, 6.07) is 13.2. The number of carboxylic acids is 2. The van der Waals surface area contributed by atoms with Gasteiger partial charge in [-0.3, -0.25) is 0 Å². The number of aromatic carboxylic acids is 2. The maximum absolute atomic E-state index is 10.4. The van der Waals surface area contributed by atoms with Crippen LogP contribution in [-0.4, -0.2) is 39.2 Å². The van der Waals surface area contributed by atoms with E-state index in [0.717, 1.165) is 0 Å². The average Bonchev–Trinajstić information content (AvgIpc) is 2.55. The Balaban J connectivity index is 0.000000403. The molecule has 0 aromatic heterocycles. The summed E-state index contributed by atoms with van der Waals surface area (Å²) in [5.74, 6) is -2.33. The Morgan fingerprint density at radius 2 is 1.04 bits per heavy atom. The fraction of sp³-hybridized carbons (Fsp3) is 0. The molecule has 23 heavy (non-hydrogen) atoms. The van der Waals surface area contributed by atoms with Gasteiger partial charge in [-0.05, 0) is 11.1 Å². The van der Waals surface area contributed by atoms with Crippen LogP contribution < -0.4 is 10.2 Å². The Hall–Kier alpha value is -2.22. The molecule has 0 amide bonds. The fourth-order valence-electron chi connectivity index (χ4n) is 1.72. The average molecular weight is 504 g/mol. The molecule has 2 rings (SSSR count). The van der Waals surface area contributed by atoms with Gasteiger partial charge >= 0.3 is 27.3 Å². The zero-order valence-electron chi connectivity index (χ0n) is 12.5. The molecule has 4 nitrogen and oxygen atoms in total. The van der Waals surface area contributed by atoms with Gasteiger partial charge in [0, 0.05) is 11.1 Å². The number of hydrogen-bond acceptors (Lipinski definition) is 4. The van der Waals surface area contributed by atoms with Gasteiger partial charge in [0.15, 0.2) is 0 Å². The molecule has 5 heteroatoms. The zero-order chi connectivity index (χ0) is 16.5. The van der Waals surface area contributed by atoms with Gasteiger partial charge in [0.2, 0.25) is 0 Å². The van der Waals surface area contributed by atoms with E-state index < -0.39 is 11.9 Å². The Labute approximate surface area is 154 Å². The van der Waals surface area contributed by atoms with Crippen LogP contribution in [0.15, 0.2) is 61.7 Å². The summed E-state index contributed by atoms with van der Waals surface area (Å²) in [6.07, 6.45) is 2.98. The van der Waals surface area contributed by atoms with E-state index in [2.05, 4.69) is 13.2 Å². The summed E-state index contributed by atoms with van der Waals surface area (Å²) in [5, 5.41) is 20.8. The van der Waals surface area contributed by atoms with E-state index in [-0.39, 0.29) is 38.4 Å². The molecule has 0 heterocycles. The molecule has 0 spiro atoms. The second-order valence-corrected chi connectivity index (χ2v) is 4.16.